The van der Waals surface area contributed by atoms with Crippen LogP contribution in [-0.4, -0.2) is 24.2 Å². The smallest absolute Gasteiger partial charge is 0.255 e. The van der Waals surface area contributed by atoms with Gasteiger partial charge in [-0.3, -0.25) is 4.79 Å². The molecule has 0 aliphatic carbocycles. The predicted molar refractivity (Wildman–Crippen MR) is 111 cm³/mol. The molecule has 146 valence electrons. The number of carbonyl (C=O) groups is 1. The molecule has 0 aliphatic heterocycles. The van der Waals surface area contributed by atoms with Crippen molar-refractivity contribution in [1.29, 1.82) is 0 Å². The van der Waals surface area contributed by atoms with Crippen LogP contribution < -0.4 is 10.1 Å². The standard InChI is InChI=1S/C21H19N5O2S/c1-15-20(25-29-24-15)13-28-19-7-3-5-17(11-19)21(27)23-18-6-2-4-16(10-18)12-26-9-8-22-14-26/h2-11,14H,12-13H2,1H3,(H,23,27). The number of hydrogen-bond acceptors (Lipinski definition) is 6. The Hall–Kier alpha value is -3.52. The number of nitrogens with one attached hydrogen (secondary N) is 1. The Balaban J connectivity index is 1.41. The summed E-state index contributed by atoms with van der Waals surface area (Å²) in [5.41, 5.74) is 4.00. The molecule has 1 N–H and O–H groups in total. The fourth-order valence-electron chi connectivity index (χ4n) is 2.80. The highest BCUT2D eigenvalue weighted by Gasteiger charge is 2.09. The summed E-state index contributed by atoms with van der Waals surface area (Å²) in [6.07, 6.45) is 5.41. The Labute approximate surface area is 172 Å². The Bertz CT molecular complexity index is 1110. The topological polar surface area (TPSA) is 81.9 Å². The SMILES string of the molecule is Cc1nsnc1COc1cccc(C(=O)Nc2cccc(Cn3ccnc3)c2)c1. The van der Waals surface area contributed by atoms with Crippen molar-refractivity contribution in [2.45, 2.75) is 20.1 Å². The molecule has 0 atom stereocenters. The van der Waals surface area contributed by atoms with E-state index in [0.717, 1.165) is 34.4 Å². The van der Waals surface area contributed by atoms with Gasteiger partial charge < -0.3 is 14.6 Å². The third-order valence-corrected chi connectivity index (χ3v) is 4.98. The maximum Gasteiger partial charge on any atom is 0.255 e. The minimum atomic E-state index is -0.193. The number of benzene rings is 2. The van der Waals surface area contributed by atoms with Crippen LogP contribution in [0.15, 0.2) is 67.3 Å². The number of aromatic nitrogens is 4. The molecular weight excluding hydrogens is 386 g/mol. The average Bonchev–Trinajstić information content (AvgIpc) is 3.38. The van der Waals surface area contributed by atoms with E-state index in [9.17, 15) is 4.79 Å². The van der Waals surface area contributed by atoms with E-state index < -0.39 is 0 Å². The molecule has 0 bridgehead atoms. The highest BCUT2D eigenvalue weighted by Crippen LogP contribution is 2.18. The first-order valence-corrected chi connectivity index (χ1v) is 9.77. The predicted octanol–water partition coefficient (Wildman–Crippen LogP) is 3.92. The molecule has 1 amide bonds. The summed E-state index contributed by atoms with van der Waals surface area (Å²) >= 11 is 1.16. The molecule has 0 saturated heterocycles. The molecule has 2 aromatic carbocycles. The zero-order chi connectivity index (χ0) is 20.1. The van der Waals surface area contributed by atoms with Crippen LogP contribution in [0.5, 0.6) is 5.75 Å². The minimum Gasteiger partial charge on any atom is -0.487 e. The zero-order valence-corrected chi connectivity index (χ0v) is 16.6. The second-order valence-corrected chi connectivity index (χ2v) is 7.03. The van der Waals surface area contributed by atoms with E-state index >= 15 is 0 Å². The van der Waals surface area contributed by atoms with Crippen molar-refractivity contribution in [2.24, 2.45) is 0 Å². The van der Waals surface area contributed by atoms with Gasteiger partial charge in [0, 0.05) is 30.2 Å². The summed E-state index contributed by atoms with van der Waals surface area (Å²) in [6, 6.07) is 14.9. The van der Waals surface area contributed by atoms with Crippen LogP contribution in [0, 0.1) is 6.92 Å². The summed E-state index contributed by atoms with van der Waals surface area (Å²) in [5, 5.41) is 2.94. The number of hydrogen-bond donors (Lipinski definition) is 1. The second-order valence-electron chi connectivity index (χ2n) is 6.50. The van der Waals surface area contributed by atoms with E-state index in [1.54, 1.807) is 30.7 Å². The van der Waals surface area contributed by atoms with Gasteiger partial charge in [0.1, 0.15) is 18.1 Å². The summed E-state index contributed by atoms with van der Waals surface area (Å²) < 4.78 is 16.1. The molecule has 7 nitrogen and oxygen atoms in total. The van der Waals surface area contributed by atoms with Gasteiger partial charge in [-0.1, -0.05) is 18.2 Å². The number of ether oxygens (including phenoxy) is 1. The molecule has 29 heavy (non-hydrogen) atoms. The quantitative estimate of drug-likeness (QED) is 0.504. The van der Waals surface area contributed by atoms with Crippen molar-refractivity contribution in [3.05, 3.63) is 89.8 Å². The lowest BCUT2D eigenvalue weighted by Crippen LogP contribution is -2.12. The molecule has 4 aromatic rings. The summed E-state index contributed by atoms with van der Waals surface area (Å²) in [5.74, 6) is 0.417. The number of amides is 1. The van der Waals surface area contributed by atoms with Gasteiger partial charge in [-0.25, -0.2) is 4.98 Å². The Morgan fingerprint density at radius 2 is 2.07 bits per heavy atom. The highest BCUT2D eigenvalue weighted by atomic mass is 32.1. The maximum absolute atomic E-state index is 12.7. The van der Waals surface area contributed by atoms with E-state index in [4.69, 9.17) is 4.74 Å². The molecule has 0 fully saturated rings. The van der Waals surface area contributed by atoms with Gasteiger partial charge in [0.25, 0.3) is 5.91 Å². The molecule has 2 aromatic heterocycles. The average molecular weight is 405 g/mol. The van der Waals surface area contributed by atoms with E-state index in [2.05, 4.69) is 19.0 Å². The lowest BCUT2D eigenvalue weighted by molar-refractivity contribution is 0.102. The summed E-state index contributed by atoms with van der Waals surface area (Å²) in [7, 11) is 0. The molecule has 2 heterocycles. The molecular formula is C21H19N5O2S. The molecule has 0 saturated carbocycles. The first-order chi connectivity index (χ1) is 14.2. The molecule has 4 rings (SSSR count). The highest BCUT2D eigenvalue weighted by molar-refractivity contribution is 6.99. The fraction of sp³-hybridized carbons (Fsp3) is 0.143. The molecule has 8 heteroatoms. The number of aryl methyl sites for hydroxylation is 1. The van der Waals surface area contributed by atoms with E-state index in [1.807, 2.05) is 48.0 Å². The normalized spacial score (nSPS) is 10.7. The van der Waals surface area contributed by atoms with Crippen molar-refractivity contribution in [3.63, 3.8) is 0 Å². The van der Waals surface area contributed by atoms with Crippen LogP contribution >= 0.6 is 11.7 Å². The van der Waals surface area contributed by atoms with Crippen molar-refractivity contribution in [2.75, 3.05) is 5.32 Å². The minimum absolute atomic E-state index is 0.193. The van der Waals surface area contributed by atoms with Gasteiger partial charge in [0.2, 0.25) is 0 Å². The van der Waals surface area contributed by atoms with E-state index in [1.165, 1.54) is 0 Å². The molecule has 0 unspecified atom stereocenters. The Kier molecular flexibility index (Phi) is 5.62. The van der Waals surface area contributed by atoms with Crippen LogP contribution in [0.4, 0.5) is 5.69 Å². The van der Waals surface area contributed by atoms with Crippen molar-refractivity contribution >= 4 is 23.3 Å². The third kappa shape index (κ3) is 4.85. The largest absolute Gasteiger partial charge is 0.487 e. The summed E-state index contributed by atoms with van der Waals surface area (Å²) in [4.78, 5) is 16.7. The van der Waals surface area contributed by atoms with Crippen molar-refractivity contribution in [3.8, 4) is 5.75 Å². The van der Waals surface area contributed by atoms with Gasteiger partial charge in [0.05, 0.1) is 23.7 Å². The lowest BCUT2D eigenvalue weighted by Gasteiger charge is -2.10. The zero-order valence-electron chi connectivity index (χ0n) is 15.8. The van der Waals surface area contributed by atoms with Crippen LogP contribution in [0.1, 0.15) is 27.3 Å². The van der Waals surface area contributed by atoms with E-state index in [-0.39, 0.29) is 5.91 Å². The second kappa shape index (κ2) is 8.66. The van der Waals surface area contributed by atoms with Crippen LogP contribution in [0.25, 0.3) is 0 Å². The fourth-order valence-corrected chi connectivity index (χ4v) is 3.35. The van der Waals surface area contributed by atoms with Gasteiger partial charge in [0.15, 0.2) is 0 Å². The monoisotopic (exact) mass is 405 g/mol. The number of carbonyl (C=O) groups excluding carboxylic acids is 1. The van der Waals surface area contributed by atoms with Crippen molar-refractivity contribution in [1.82, 2.24) is 18.3 Å². The lowest BCUT2D eigenvalue weighted by atomic mass is 10.1. The van der Waals surface area contributed by atoms with Crippen LogP contribution in [0.2, 0.25) is 0 Å². The third-order valence-electron chi connectivity index (χ3n) is 4.33. The van der Waals surface area contributed by atoms with Crippen molar-refractivity contribution < 1.29 is 9.53 Å². The van der Waals surface area contributed by atoms with Gasteiger partial charge in [-0.2, -0.15) is 8.75 Å². The van der Waals surface area contributed by atoms with Crippen LogP contribution in [-0.2, 0) is 13.2 Å². The maximum atomic E-state index is 12.7. The molecule has 0 aliphatic rings. The Morgan fingerprint density at radius 1 is 1.17 bits per heavy atom. The molecule has 0 radical (unpaired) electrons. The summed E-state index contributed by atoms with van der Waals surface area (Å²) in [6.45, 7) is 2.91. The number of imidazole rings is 1. The van der Waals surface area contributed by atoms with Gasteiger partial charge >= 0.3 is 0 Å². The Morgan fingerprint density at radius 3 is 2.86 bits per heavy atom. The van der Waals surface area contributed by atoms with Gasteiger partial charge in [-0.05, 0) is 42.8 Å². The number of anilines is 1. The number of rotatable bonds is 7. The number of nitrogens with zero attached hydrogens (tertiary/aromatic N) is 4. The first kappa shape index (κ1) is 18.8. The first-order valence-electron chi connectivity index (χ1n) is 9.04. The van der Waals surface area contributed by atoms with Gasteiger partial charge in [-0.15, -0.1) is 0 Å². The molecule has 0 spiro atoms. The van der Waals surface area contributed by atoms with Crippen LogP contribution in [0.3, 0.4) is 0 Å². The van der Waals surface area contributed by atoms with E-state index in [0.29, 0.717) is 24.5 Å².